The van der Waals surface area contributed by atoms with Gasteiger partial charge in [0.05, 0.1) is 18.8 Å². The van der Waals surface area contributed by atoms with Crippen LogP contribution in [-0.2, 0) is 4.79 Å². The predicted octanol–water partition coefficient (Wildman–Crippen LogP) is 13.6. The summed E-state index contributed by atoms with van der Waals surface area (Å²) in [4.78, 5) is 12.4. The highest BCUT2D eigenvalue weighted by atomic mass is 16.3. The Labute approximate surface area is 312 Å². The molecule has 0 aliphatic carbocycles. The molecule has 0 heterocycles. The first-order valence-corrected chi connectivity index (χ1v) is 21.9. The summed E-state index contributed by atoms with van der Waals surface area (Å²) in [6.45, 7) is 4.28. The molecule has 0 aromatic carbocycles. The van der Waals surface area contributed by atoms with E-state index >= 15 is 0 Å². The fraction of sp³-hybridized carbons (Fsp3) is 0.804. The minimum Gasteiger partial charge on any atom is -0.394 e. The standard InChI is InChI=1S/C46H85NO3/c1-3-5-7-9-11-13-15-16-17-18-19-20-21-22-23-24-25-26-27-28-29-30-32-34-36-38-40-42-46(50)47-44(43-48)45(49)41-39-37-35-33-31-14-12-10-8-6-4-2/h15-16,18-19,21-22,39,41,44-45,48-49H,3-14,17,20,23-38,40,42-43H2,1-2H3,(H,47,50)/b16-15-,19-18-,22-21-,41-39+. The van der Waals surface area contributed by atoms with E-state index in [0.717, 1.165) is 38.5 Å². The minimum absolute atomic E-state index is 0.0685. The van der Waals surface area contributed by atoms with Gasteiger partial charge in [-0.05, 0) is 57.8 Å². The Bertz CT molecular complexity index is 801. The second-order valence-electron chi connectivity index (χ2n) is 14.8. The minimum atomic E-state index is -0.838. The molecule has 3 N–H and O–H groups in total. The van der Waals surface area contributed by atoms with Crippen molar-refractivity contribution < 1.29 is 15.0 Å². The number of hydrogen-bond acceptors (Lipinski definition) is 3. The normalized spacial score (nSPS) is 13.4. The van der Waals surface area contributed by atoms with Gasteiger partial charge in [0.25, 0.3) is 0 Å². The predicted molar refractivity (Wildman–Crippen MR) is 221 cm³/mol. The molecule has 0 saturated carbocycles. The average molecular weight is 700 g/mol. The lowest BCUT2D eigenvalue weighted by Gasteiger charge is -2.20. The lowest BCUT2D eigenvalue weighted by Crippen LogP contribution is -2.45. The molecule has 0 aliphatic rings. The van der Waals surface area contributed by atoms with Crippen molar-refractivity contribution in [2.24, 2.45) is 0 Å². The molecule has 2 unspecified atom stereocenters. The summed E-state index contributed by atoms with van der Waals surface area (Å²) in [6, 6.07) is -0.622. The van der Waals surface area contributed by atoms with Gasteiger partial charge in [0, 0.05) is 6.42 Å². The highest BCUT2D eigenvalue weighted by molar-refractivity contribution is 5.76. The molecule has 0 bridgehead atoms. The molecule has 2 atom stereocenters. The Kier molecular flexibility index (Phi) is 40.4. The Balaban J connectivity index is 3.53. The number of carbonyl (C=O) groups is 1. The Morgan fingerprint density at radius 1 is 0.480 bits per heavy atom. The number of allylic oxidation sites excluding steroid dienone is 7. The van der Waals surface area contributed by atoms with Gasteiger partial charge in [-0.1, -0.05) is 204 Å². The van der Waals surface area contributed by atoms with Gasteiger partial charge in [0.2, 0.25) is 5.91 Å². The van der Waals surface area contributed by atoms with E-state index in [1.54, 1.807) is 6.08 Å². The van der Waals surface area contributed by atoms with Crippen molar-refractivity contribution >= 4 is 5.91 Å². The zero-order valence-corrected chi connectivity index (χ0v) is 33.4. The molecule has 4 heteroatoms. The molecular weight excluding hydrogens is 615 g/mol. The van der Waals surface area contributed by atoms with E-state index in [1.165, 1.54) is 161 Å². The van der Waals surface area contributed by atoms with Gasteiger partial charge in [-0.15, -0.1) is 0 Å². The number of aliphatic hydroxyl groups is 2. The van der Waals surface area contributed by atoms with Crippen LogP contribution >= 0.6 is 0 Å². The monoisotopic (exact) mass is 700 g/mol. The summed E-state index contributed by atoms with van der Waals surface area (Å²) in [7, 11) is 0. The third-order valence-corrected chi connectivity index (χ3v) is 9.81. The van der Waals surface area contributed by atoms with Gasteiger partial charge in [-0.3, -0.25) is 4.79 Å². The van der Waals surface area contributed by atoms with E-state index in [-0.39, 0.29) is 12.5 Å². The van der Waals surface area contributed by atoms with Crippen molar-refractivity contribution in [2.45, 2.75) is 231 Å². The van der Waals surface area contributed by atoms with E-state index in [4.69, 9.17) is 0 Å². The maximum Gasteiger partial charge on any atom is 0.220 e. The second kappa shape index (κ2) is 41.8. The van der Waals surface area contributed by atoms with Crippen LogP contribution in [-0.4, -0.2) is 34.9 Å². The zero-order chi connectivity index (χ0) is 36.4. The zero-order valence-electron chi connectivity index (χ0n) is 33.4. The first kappa shape index (κ1) is 48.3. The maximum absolute atomic E-state index is 12.4. The summed E-state index contributed by atoms with van der Waals surface area (Å²) in [5, 5.41) is 22.9. The highest BCUT2D eigenvalue weighted by Gasteiger charge is 2.17. The van der Waals surface area contributed by atoms with Crippen LogP contribution in [0.25, 0.3) is 0 Å². The lowest BCUT2D eigenvalue weighted by molar-refractivity contribution is -0.123. The van der Waals surface area contributed by atoms with Crippen molar-refractivity contribution in [1.29, 1.82) is 0 Å². The van der Waals surface area contributed by atoms with Crippen LogP contribution in [0.2, 0.25) is 0 Å². The number of carbonyl (C=O) groups excluding carboxylic acids is 1. The van der Waals surface area contributed by atoms with Gasteiger partial charge in [0.1, 0.15) is 0 Å². The van der Waals surface area contributed by atoms with Gasteiger partial charge in [-0.25, -0.2) is 0 Å². The smallest absolute Gasteiger partial charge is 0.220 e. The van der Waals surface area contributed by atoms with Crippen molar-refractivity contribution in [3.8, 4) is 0 Å². The van der Waals surface area contributed by atoms with Crippen molar-refractivity contribution in [1.82, 2.24) is 5.32 Å². The van der Waals surface area contributed by atoms with E-state index in [2.05, 4.69) is 55.6 Å². The lowest BCUT2D eigenvalue weighted by atomic mass is 10.0. The fourth-order valence-electron chi connectivity index (χ4n) is 6.42. The largest absolute Gasteiger partial charge is 0.394 e. The van der Waals surface area contributed by atoms with Crippen LogP contribution in [0.5, 0.6) is 0 Å². The number of aliphatic hydroxyl groups excluding tert-OH is 2. The molecule has 292 valence electrons. The molecular formula is C46H85NO3. The number of amides is 1. The van der Waals surface area contributed by atoms with Gasteiger partial charge in [-0.2, -0.15) is 0 Å². The fourth-order valence-corrected chi connectivity index (χ4v) is 6.42. The van der Waals surface area contributed by atoms with Crippen molar-refractivity contribution in [3.05, 3.63) is 48.6 Å². The van der Waals surface area contributed by atoms with E-state index in [9.17, 15) is 15.0 Å². The first-order valence-electron chi connectivity index (χ1n) is 21.9. The Hall–Kier alpha value is -1.65. The quantitative estimate of drug-likeness (QED) is 0.0442. The summed E-state index contributed by atoms with van der Waals surface area (Å²) < 4.78 is 0. The molecule has 1 amide bonds. The summed E-state index contributed by atoms with van der Waals surface area (Å²) in [6.07, 6.45) is 56.5. The summed E-state index contributed by atoms with van der Waals surface area (Å²) in [5.41, 5.74) is 0. The van der Waals surface area contributed by atoms with E-state index in [1.807, 2.05) is 6.08 Å². The van der Waals surface area contributed by atoms with Crippen LogP contribution in [0.15, 0.2) is 48.6 Å². The van der Waals surface area contributed by atoms with E-state index in [0.29, 0.717) is 6.42 Å². The van der Waals surface area contributed by atoms with Crippen molar-refractivity contribution in [3.63, 3.8) is 0 Å². The van der Waals surface area contributed by atoms with Gasteiger partial charge < -0.3 is 15.5 Å². The van der Waals surface area contributed by atoms with Crippen LogP contribution in [0.4, 0.5) is 0 Å². The highest BCUT2D eigenvalue weighted by Crippen LogP contribution is 2.14. The number of rotatable bonds is 39. The van der Waals surface area contributed by atoms with Crippen LogP contribution in [0.3, 0.4) is 0 Å². The van der Waals surface area contributed by atoms with E-state index < -0.39 is 12.1 Å². The van der Waals surface area contributed by atoms with Gasteiger partial charge in [0.15, 0.2) is 0 Å². The maximum atomic E-state index is 12.4. The molecule has 4 nitrogen and oxygen atoms in total. The number of unbranched alkanes of at least 4 members (excludes halogenated alkanes) is 26. The number of nitrogens with one attached hydrogen (secondary N) is 1. The van der Waals surface area contributed by atoms with Crippen LogP contribution in [0, 0.1) is 0 Å². The second-order valence-corrected chi connectivity index (χ2v) is 14.8. The third-order valence-electron chi connectivity index (χ3n) is 9.81. The summed E-state index contributed by atoms with van der Waals surface area (Å²) in [5.74, 6) is -0.0685. The SMILES string of the molecule is CCCCCCC/C=C\C/C=C\C/C=C\CCCCCCCCCCCCCCC(=O)NC(CO)C(O)/C=C/CCCCCCCCCCC. The molecule has 0 saturated heterocycles. The molecule has 50 heavy (non-hydrogen) atoms. The molecule has 0 fully saturated rings. The summed E-state index contributed by atoms with van der Waals surface area (Å²) >= 11 is 0. The molecule has 0 aromatic rings. The molecule has 0 aliphatic heterocycles. The molecule has 0 rings (SSSR count). The topological polar surface area (TPSA) is 69.6 Å². The average Bonchev–Trinajstić information content (AvgIpc) is 3.12. The first-order chi connectivity index (χ1) is 24.7. The van der Waals surface area contributed by atoms with Crippen molar-refractivity contribution in [2.75, 3.05) is 6.61 Å². The van der Waals surface area contributed by atoms with Crippen LogP contribution in [0.1, 0.15) is 219 Å². The number of hydrogen-bond donors (Lipinski definition) is 3. The van der Waals surface area contributed by atoms with Crippen LogP contribution < -0.4 is 5.32 Å². The molecule has 0 radical (unpaired) electrons. The third kappa shape index (κ3) is 37.6. The molecule has 0 aromatic heterocycles. The molecule has 0 spiro atoms. The Morgan fingerprint density at radius 3 is 1.22 bits per heavy atom. The van der Waals surface area contributed by atoms with Gasteiger partial charge >= 0.3 is 0 Å². The Morgan fingerprint density at radius 2 is 0.820 bits per heavy atom.